The molecule has 0 radical (unpaired) electrons. The third-order valence-electron chi connectivity index (χ3n) is 3.40. The predicted molar refractivity (Wildman–Crippen MR) is 68.5 cm³/mol. The van der Waals surface area contributed by atoms with Gasteiger partial charge in [0.1, 0.15) is 0 Å². The molecule has 15 heavy (non-hydrogen) atoms. The second kappa shape index (κ2) is 5.07. The van der Waals surface area contributed by atoms with E-state index in [0.29, 0.717) is 5.41 Å². The van der Waals surface area contributed by atoms with Crippen LogP contribution in [0.3, 0.4) is 0 Å². The van der Waals surface area contributed by atoms with Gasteiger partial charge in [0.05, 0.1) is 0 Å². The Bertz CT molecular complexity index is 200. The normalized spacial score (nSPS) is 32.8. The van der Waals surface area contributed by atoms with Crippen LogP contribution in [0.1, 0.15) is 20.3 Å². The van der Waals surface area contributed by atoms with Crippen LogP contribution in [0.2, 0.25) is 0 Å². The first-order chi connectivity index (χ1) is 7.16. The third kappa shape index (κ3) is 3.65. The van der Waals surface area contributed by atoms with Gasteiger partial charge in [-0.05, 0) is 29.3 Å². The maximum absolute atomic E-state index is 3.55. The summed E-state index contributed by atoms with van der Waals surface area (Å²) in [6, 6.07) is 0. The quantitative estimate of drug-likeness (QED) is 0.774. The van der Waals surface area contributed by atoms with Crippen LogP contribution in [0, 0.1) is 11.3 Å². The lowest BCUT2D eigenvalue weighted by Gasteiger charge is -2.30. The van der Waals surface area contributed by atoms with Crippen molar-refractivity contribution in [3.8, 4) is 0 Å². The molecule has 2 heterocycles. The van der Waals surface area contributed by atoms with E-state index in [-0.39, 0.29) is 0 Å². The zero-order valence-corrected chi connectivity index (χ0v) is 10.9. The average molecular weight is 228 g/mol. The molecule has 1 atom stereocenters. The Morgan fingerprint density at radius 2 is 2.33 bits per heavy atom. The lowest BCUT2D eigenvalue weighted by Crippen LogP contribution is -2.37. The molecule has 2 aliphatic rings. The molecule has 1 unspecified atom stereocenters. The molecule has 0 spiro atoms. The van der Waals surface area contributed by atoms with Gasteiger partial charge in [0, 0.05) is 32.7 Å². The van der Waals surface area contributed by atoms with E-state index in [1.54, 1.807) is 0 Å². The molecule has 0 saturated carbocycles. The van der Waals surface area contributed by atoms with Crippen LogP contribution in [0.4, 0.5) is 0 Å². The highest BCUT2D eigenvalue weighted by Gasteiger charge is 2.26. The summed E-state index contributed by atoms with van der Waals surface area (Å²) in [4.78, 5) is 2.68. The fourth-order valence-corrected chi connectivity index (χ4v) is 3.92. The Labute approximate surface area is 98.2 Å². The van der Waals surface area contributed by atoms with Gasteiger partial charge < -0.3 is 10.2 Å². The van der Waals surface area contributed by atoms with E-state index >= 15 is 0 Å². The summed E-state index contributed by atoms with van der Waals surface area (Å²) in [5.74, 6) is 3.74. The van der Waals surface area contributed by atoms with Crippen molar-refractivity contribution in [3.63, 3.8) is 0 Å². The summed E-state index contributed by atoms with van der Waals surface area (Å²) in [5.41, 5.74) is 0.447. The second-order valence-corrected chi connectivity index (χ2v) is 6.96. The summed E-state index contributed by atoms with van der Waals surface area (Å²) in [6.07, 6.45) is 1.44. The largest absolute Gasteiger partial charge is 0.315 e. The van der Waals surface area contributed by atoms with Gasteiger partial charge in [-0.2, -0.15) is 11.8 Å². The zero-order valence-electron chi connectivity index (χ0n) is 10.1. The van der Waals surface area contributed by atoms with Gasteiger partial charge in [0.15, 0.2) is 0 Å². The van der Waals surface area contributed by atoms with Crippen LogP contribution < -0.4 is 5.32 Å². The highest BCUT2D eigenvalue weighted by molar-refractivity contribution is 7.99. The van der Waals surface area contributed by atoms with Gasteiger partial charge in [-0.25, -0.2) is 0 Å². The van der Waals surface area contributed by atoms with E-state index in [1.807, 2.05) is 0 Å². The summed E-state index contributed by atoms with van der Waals surface area (Å²) in [6.45, 7) is 10.9. The van der Waals surface area contributed by atoms with Crippen molar-refractivity contribution in [3.05, 3.63) is 0 Å². The first-order valence-electron chi connectivity index (χ1n) is 6.16. The molecule has 0 aromatic heterocycles. The number of thioether (sulfide) groups is 1. The number of hydrogen-bond donors (Lipinski definition) is 1. The van der Waals surface area contributed by atoms with Crippen LogP contribution >= 0.6 is 11.8 Å². The minimum absolute atomic E-state index is 0.447. The summed E-state index contributed by atoms with van der Waals surface area (Å²) in [7, 11) is 0. The van der Waals surface area contributed by atoms with Crippen molar-refractivity contribution in [2.75, 3.05) is 44.2 Å². The topological polar surface area (TPSA) is 15.3 Å². The molecule has 2 rings (SSSR count). The molecular formula is C12H24N2S. The number of hydrogen-bond acceptors (Lipinski definition) is 3. The molecule has 3 heteroatoms. The van der Waals surface area contributed by atoms with E-state index in [4.69, 9.17) is 0 Å². The molecule has 88 valence electrons. The van der Waals surface area contributed by atoms with E-state index < -0.39 is 0 Å². The Morgan fingerprint density at radius 1 is 1.47 bits per heavy atom. The van der Waals surface area contributed by atoms with Gasteiger partial charge >= 0.3 is 0 Å². The van der Waals surface area contributed by atoms with Crippen molar-refractivity contribution in [2.24, 2.45) is 11.3 Å². The van der Waals surface area contributed by atoms with Crippen molar-refractivity contribution >= 4 is 11.8 Å². The fourth-order valence-electron chi connectivity index (χ4n) is 2.65. The van der Waals surface area contributed by atoms with E-state index in [9.17, 15) is 0 Å². The molecule has 2 saturated heterocycles. The van der Waals surface area contributed by atoms with Crippen LogP contribution in [-0.2, 0) is 0 Å². The van der Waals surface area contributed by atoms with Gasteiger partial charge in [-0.3, -0.25) is 0 Å². The highest BCUT2D eigenvalue weighted by atomic mass is 32.2. The highest BCUT2D eigenvalue weighted by Crippen LogP contribution is 2.26. The Hall–Kier alpha value is 0.270. The van der Waals surface area contributed by atoms with Crippen molar-refractivity contribution < 1.29 is 0 Å². The SMILES string of the molecule is CC1(C)CNCCN(CC2CCSC2)C1. The standard InChI is InChI=1S/C12H24N2S/c1-12(2)9-13-4-5-14(10-12)7-11-3-6-15-8-11/h11,13H,3-10H2,1-2H3. The van der Waals surface area contributed by atoms with Crippen molar-refractivity contribution in [1.29, 1.82) is 0 Å². The molecule has 2 nitrogen and oxygen atoms in total. The van der Waals surface area contributed by atoms with E-state index in [1.165, 1.54) is 50.7 Å². The minimum atomic E-state index is 0.447. The molecule has 0 aromatic carbocycles. The van der Waals surface area contributed by atoms with Crippen LogP contribution in [0.15, 0.2) is 0 Å². The van der Waals surface area contributed by atoms with Gasteiger partial charge in [0.2, 0.25) is 0 Å². The lowest BCUT2D eigenvalue weighted by molar-refractivity contribution is 0.186. The molecule has 0 bridgehead atoms. The Balaban J connectivity index is 1.84. The average Bonchev–Trinajstić information content (AvgIpc) is 2.58. The minimum Gasteiger partial charge on any atom is -0.315 e. The third-order valence-corrected chi connectivity index (χ3v) is 4.63. The molecule has 2 aliphatic heterocycles. The summed E-state index contributed by atoms with van der Waals surface area (Å²) < 4.78 is 0. The maximum Gasteiger partial charge on any atom is 0.0107 e. The van der Waals surface area contributed by atoms with E-state index in [0.717, 1.165) is 5.92 Å². The molecule has 1 N–H and O–H groups in total. The molecule has 0 aromatic rings. The Kier molecular flexibility index (Phi) is 3.97. The first-order valence-corrected chi connectivity index (χ1v) is 7.32. The second-order valence-electron chi connectivity index (χ2n) is 5.81. The number of rotatable bonds is 2. The van der Waals surface area contributed by atoms with Crippen LogP contribution in [-0.4, -0.2) is 49.1 Å². The number of nitrogens with zero attached hydrogens (tertiary/aromatic N) is 1. The zero-order chi connectivity index (χ0) is 10.7. The van der Waals surface area contributed by atoms with Crippen LogP contribution in [0.25, 0.3) is 0 Å². The lowest BCUT2D eigenvalue weighted by atomic mass is 9.93. The number of nitrogens with one attached hydrogen (secondary N) is 1. The smallest absolute Gasteiger partial charge is 0.0107 e. The molecule has 0 aliphatic carbocycles. The van der Waals surface area contributed by atoms with Crippen molar-refractivity contribution in [1.82, 2.24) is 10.2 Å². The van der Waals surface area contributed by atoms with Crippen LogP contribution in [0.5, 0.6) is 0 Å². The monoisotopic (exact) mass is 228 g/mol. The molecular weight excluding hydrogens is 204 g/mol. The van der Waals surface area contributed by atoms with Crippen molar-refractivity contribution in [2.45, 2.75) is 20.3 Å². The molecule has 2 fully saturated rings. The fraction of sp³-hybridized carbons (Fsp3) is 1.00. The van der Waals surface area contributed by atoms with Gasteiger partial charge in [-0.15, -0.1) is 0 Å². The van der Waals surface area contributed by atoms with Gasteiger partial charge in [-0.1, -0.05) is 13.8 Å². The van der Waals surface area contributed by atoms with E-state index in [2.05, 4.69) is 35.8 Å². The summed E-state index contributed by atoms with van der Waals surface area (Å²) in [5, 5.41) is 3.55. The molecule has 0 amide bonds. The predicted octanol–water partition coefficient (Wildman–Crippen LogP) is 1.67. The summed E-state index contributed by atoms with van der Waals surface area (Å²) >= 11 is 2.13. The Morgan fingerprint density at radius 3 is 3.07 bits per heavy atom. The maximum atomic E-state index is 3.55. The van der Waals surface area contributed by atoms with Gasteiger partial charge in [0.25, 0.3) is 0 Å². The first kappa shape index (κ1) is 11.7.